The first-order valence-electron chi connectivity index (χ1n) is 8.36. The van der Waals surface area contributed by atoms with Gasteiger partial charge in [-0.3, -0.25) is 9.78 Å². The number of amides is 1. The third kappa shape index (κ3) is 4.44. The zero-order valence-corrected chi connectivity index (χ0v) is 14.2. The summed E-state index contributed by atoms with van der Waals surface area (Å²) in [5.74, 6) is -0.0180. The fourth-order valence-electron chi connectivity index (χ4n) is 2.63. The quantitative estimate of drug-likeness (QED) is 0.724. The fourth-order valence-corrected chi connectivity index (χ4v) is 2.63. The number of hydrogen-bond acceptors (Lipinski definition) is 3. The number of rotatable bonds is 6. The highest BCUT2D eigenvalue weighted by molar-refractivity contribution is 5.94. The molecule has 0 atom stereocenters. The maximum atomic E-state index is 12.8. The van der Waals surface area contributed by atoms with Crippen molar-refractivity contribution in [2.75, 3.05) is 11.9 Å². The van der Waals surface area contributed by atoms with Crippen LogP contribution in [0.1, 0.15) is 22.8 Å². The third-order valence-corrected chi connectivity index (χ3v) is 3.93. The van der Waals surface area contributed by atoms with Gasteiger partial charge in [-0.25, -0.2) is 0 Å². The fraction of sp³-hybridized carbons (Fsp3) is 0.143. The summed E-state index contributed by atoms with van der Waals surface area (Å²) in [6.07, 6.45) is 3.34. The molecule has 4 heteroatoms. The second kappa shape index (κ2) is 8.11. The summed E-state index contributed by atoms with van der Waals surface area (Å²) in [5.41, 5.74) is 3.46. The molecule has 1 heterocycles. The van der Waals surface area contributed by atoms with Gasteiger partial charge in [-0.05, 0) is 30.7 Å². The van der Waals surface area contributed by atoms with Crippen molar-refractivity contribution in [1.29, 1.82) is 0 Å². The van der Waals surface area contributed by atoms with Crippen molar-refractivity contribution in [3.05, 3.63) is 90.3 Å². The first-order chi connectivity index (χ1) is 12.3. The molecule has 4 nitrogen and oxygen atoms in total. The molecule has 0 aliphatic carbocycles. The molecule has 126 valence electrons. The molecule has 0 aliphatic heterocycles. The Morgan fingerprint density at radius 3 is 2.32 bits per heavy atom. The zero-order valence-electron chi connectivity index (χ0n) is 14.2. The molecule has 3 rings (SSSR count). The minimum Gasteiger partial charge on any atom is -0.354 e. The smallest absolute Gasteiger partial charge is 0.255 e. The molecule has 0 saturated carbocycles. The molecular formula is C21H21N3O. The van der Waals surface area contributed by atoms with Gasteiger partial charge in [0.05, 0.1) is 17.4 Å². The van der Waals surface area contributed by atoms with Crippen LogP contribution in [0.5, 0.6) is 0 Å². The highest BCUT2D eigenvalue weighted by Crippen LogP contribution is 2.17. The number of carbonyl (C=O) groups excluding carboxylic acids is 1. The Kier molecular flexibility index (Phi) is 5.42. The average molecular weight is 331 g/mol. The molecule has 25 heavy (non-hydrogen) atoms. The van der Waals surface area contributed by atoms with Gasteiger partial charge in [-0.15, -0.1) is 0 Å². The lowest BCUT2D eigenvalue weighted by Crippen LogP contribution is -2.30. The summed E-state index contributed by atoms with van der Waals surface area (Å²) in [7, 11) is 0. The van der Waals surface area contributed by atoms with Gasteiger partial charge in [-0.2, -0.15) is 0 Å². The van der Waals surface area contributed by atoms with Crippen molar-refractivity contribution >= 4 is 17.3 Å². The second-order valence-corrected chi connectivity index (χ2v) is 5.76. The Labute approximate surface area is 148 Å². The molecule has 1 amide bonds. The van der Waals surface area contributed by atoms with Crippen molar-refractivity contribution < 1.29 is 4.79 Å². The molecule has 1 N–H and O–H groups in total. The number of aromatic nitrogens is 1. The Balaban J connectivity index is 1.75. The van der Waals surface area contributed by atoms with E-state index < -0.39 is 0 Å². The maximum Gasteiger partial charge on any atom is 0.255 e. The standard InChI is InChI=1S/C21H21N3O/c1-2-24(16-17-9-5-3-6-10-17)21(25)18-13-20(15-22-14-18)23-19-11-7-4-8-12-19/h3-15,23H,2,16H2,1H3. The van der Waals surface area contributed by atoms with Gasteiger partial charge in [0.1, 0.15) is 0 Å². The normalized spacial score (nSPS) is 10.3. The van der Waals surface area contributed by atoms with Gasteiger partial charge in [0.2, 0.25) is 0 Å². The number of anilines is 2. The summed E-state index contributed by atoms with van der Waals surface area (Å²) in [6, 6.07) is 21.7. The monoisotopic (exact) mass is 331 g/mol. The number of carbonyl (C=O) groups is 1. The predicted octanol–water partition coefficient (Wildman–Crippen LogP) is 4.49. The summed E-state index contributed by atoms with van der Waals surface area (Å²) < 4.78 is 0. The predicted molar refractivity (Wildman–Crippen MR) is 101 cm³/mol. The van der Waals surface area contributed by atoms with E-state index in [1.54, 1.807) is 12.4 Å². The molecule has 2 aromatic carbocycles. The van der Waals surface area contributed by atoms with Crippen LogP contribution in [0.3, 0.4) is 0 Å². The van der Waals surface area contributed by atoms with Crippen LogP contribution in [0.25, 0.3) is 0 Å². The Morgan fingerprint density at radius 2 is 1.64 bits per heavy atom. The lowest BCUT2D eigenvalue weighted by molar-refractivity contribution is 0.0752. The highest BCUT2D eigenvalue weighted by atomic mass is 16.2. The minimum atomic E-state index is -0.0180. The summed E-state index contributed by atoms with van der Waals surface area (Å²) in [6.45, 7) is 3.22. The van der Waals surface area contributed by atoms with Gasteiger partial charge in [-0.1, -0.05) is 48.5 Å². The van der Waals surface area contributed by atoms with Gasteiger partial charge in [0, 0.05) is 25.0 Å². The van der Waals surface area contributed by atoms with E-state index in [1.807, 2.05) is 78.6 Å². The molecule has 3 aromatic rings. The summed E-state index contributed by atoms with van der Waals surface area (Å²) in [5, 5.41) is 3.27. The molecule has 1 aromatic heterocycles. The van der Waals surface area contributed by atoms with E-state index in [-0.39, 0.29) is 5.91 Å². The van der Waals surface area contributed by atoms with Crippen molar-refractivity contribution in [2.24, 2.45) is 0 Å². The Bertz CT molecular complexity index is 819. The van der Waals surface area contributed by atoms with E-state index >= 15 is 0 Å². The van der Waals surface area contributed by atoms with Crippen LogP contribution in [0, 0.1) is 0 Å². The number of hydrogen-bond donors (Lipinski definition) is 1. The summed E-state index contributed by atoms with van der Waals surface area (Å²) >= 11 is 0. The number of para-hydroxylation sites is 1. The molecule has 0 fully saturated rings. The van der Waals surface area contributed by atoms with Crippen LogP contribution < -0.4 is 5.32 Å². The van der Waals surface area contributed by atoms with Crippen molar-refractivity contribution in [1.82, 2.24) is 9.88 Å². The molecular weight excluding hydrogens is 310 g/mol. The highest BCUT2D eigenvalue weighted by Gasteiger charge is 2.15. The Hall–Kier alpha value is -3.14. The summed E-state index contributed by atoms with van der Waals surface area (Å²) in [4.78, 5) is 18.9. The van der Waals surface area contributed by atoms with Crippen LogP contribution in [0.2, 0.25) is 0 Å². The first-order valence-corrected chi connectivity index (χ1v) is 8.36. The first kappa shape index (κ1) is 16.7. The van der Waals surface area contributed by atoms with E-state index in [9.17, 15) is 4.79 Å². The molecule has 0 bridgehead atoms. The lowest BCUT2D eigenvalue weighted by atomic mass is 10.2. The van der Waals surface area contributed by atoms with Gasteiger partial charge >= 0.3 is 0 Å². The van der Waals surface area contributed by atoms with E-state index in [4.69, 9.17) is 0 Å². The van der Waals surface area contributed by atoms with Crippen molar-refractivity contribution in [3.63, 3.8) is 0 Å². The third-order valence-electron chi connectivity index (χ3n) is 3.93. The van der Waals surface area contributed by atoms with Crippen LogP contribution in [-0.4, -0.2) is 22.3 Å². The maximum absolute atomic E-state index is 12.8. The van der Waals surface area contributed by atoms with Gasteiger partial charge in [0.15, 0.2) is 0 Å². The number of pyridine rings is 1. The molecule has 0 saturated heterocycles. The minimum absolute atomic E-state index is 0.0180. The van der Waals surface area contributed by atoms with Gasteiger partial charge in [0.25, 0.3) is 5.91 Å². The van der Waals surface area contributed by atoms with E-state index in [0.29, 0.717) is 18.7 Å². The second-order valence-electron chi connectivity index (χ2n) is 5.76. The largest absolute Gasteiger partial charge is 0.354 e. The van der Waals surface area contributed by atoms with Crippen LogP contribution in [-0.2, 0) is 6.54 Å². The number of nitrogens with zero attached hydrogens (tertiary/aromatic N) is 2. The topological polar surface area (TPSA) is 45.2 Å². The van der Waals surface area contributed by atoms with Crippen LogP contribution in [0.4, 0.5) is 11.4 Å². The van der Waals surface area contributed by atoms with Crippen LogP contribution in [0.15, 0.2) is 79.1 Å². The lowest BCUT2D eigenvalue weighted by Gasteiger charge is -2.21. The van der Waals surface area contributed by atoms with E-state index in [1.165, 1.54) is 0 Å². The van der Waals surface area contributed by atoms with Crippen molar-refractivity contribution in [2.45, 2.75) is 13.5 Å². The Morgan fingerprint density at radius 1 is 0.960 bits per heavy atom. The zero-order chi connectivity index (χ0) is 17.5. The van der Waals surface area contributed by atoms with Gasteiger partial charge < -0.3 is 10.2 Å². The number of benzene rings is 2. The SMILES string of the molecule is CCN(Cc1ccccc1)C(=O)c1cncc(Nc2ccccc2)c1. The molecule has 0 unspecified atom stereocenters. The van der Waals surface area contributed by atoms with E-state index in [0.717, 1.165) is 16.9 Å². The van der Waals surface area contributed by atoms with E-state index in [2.05, 4.69) is 10.3 Å². The number of nitrogens with one attached hydrogen (secondary N) is 1. The van der Waals surface area contributed by atoms with Crippen molar-refractivity contribution in [3.8, 4) is 0 Å². The van der Waals surface area contributed by atoms with Crippen LogP contribution >= 0.6 is 0 Å². The molecule has 0 radical (unpaired) electrons. The average Bonchev–Trinajstić information content (AvgIpc) is 2.67. The molecule has 0 aliphatic rings. The molecule has 0 spiro atoms.